The number of rotatable bonds is 1. The number of aromatic nitrogens is 3. The van der Waals surface area contributed by atoms with Crippen LogP contribution in [-0.4, -0.2) is 33.3 Å². The van der Waals surface area contributed by atoms with Crippen molar-refractivity contribution in [2.75, 3.05) is 0 Å². The lowest BCUT2D eigenvalue weighted by Gasteiger charge is -2.32. The molecule has 0 atom stereocenters. The highest BCUT2D eigenvalue weighted by atomic mass is 16.7. The maximum Gasteiger partial charge on any atom is 0.497 e. The molecule has 6 heteroatoms. The van der Waals surface area contributed by atoms with Crippen LogP contribution < -0.4 is 5.46 Å². The van der Waals surface area contributed by atoms with Gasteiger partial charge in [-0.15, -0.1) is 0 Å². The molecule has 1 fully saturated rings. The lowest BCUT2D eigenvalue weighted by molar-refractivity contribution is 0.00578. The second-order valence-corrected chi connectivity index (χ2v) is 5.99. The fourth-order valence-electron chi connectivity index (χ4n) is 2.22. The summed E-state index contributed by atoms with van der Waals surface area (Å²) in [5, 5.41) is 8.71. The quantitative estimate of drug-likeness (QED) is 0.723. The second kappa shape index (κ2) is 3.80. The van der Waals surface area contributed by atoms with Gasteiger partial charge in [-0.05, 0) is 33.8 Å². The first kappa shape index (κ1) is 12.6. The highest BCUT2D eigenvalue weighted by Gasteiger charge is 2.52. The van der Waals surface area contributed by atoms with Crippen LogP contribution in [0.4, 0.5) is 0 Å². The Morgan fingerprint density at radius 3 is 2.32 bits per heavy atom. The van der Waals surface area contributed by atoms with Crippen molar-refractivity contribution in [3.8, 4) is 0 Å². The lowest BCUT2D eigenvalue weighted by atomic mass is 9.78. The van der Waals surface area contributed by atoms with E-state index in [1.807, 2.05) is 52.9 Å². The fraction of sp³-hybridized carbons (Fsp3) is 0.538. The van der Waals surface area contributed by atoms with Gasteiger partial charge >= 0.3 is 7.12 Å². The van der Waals surface area contributed by atoms with Gasteiger partial charge in [-0.2, -0.15) is 15.0 Å². The van der Waals surface area contributed by atoms with Crippen LogP contribution in [0.5, 0.6) is 0 Å². The molecule has 1 aromatic carbocycles. The Morgan fingerprint density at radius 1 is 1.05 bits per heavy atom. The summed E-state index contributed by atoms with van der Waals surface area (Å²) in [5.41, 5.74) is 1.94. The topological polar surface area (TPSA) is 49.2 Å². The summed E-state index contributed by atoms with van der Waals surface area (Å²) in [6.07, 6.45) is 0. The molecule has 100 valence electrons. The smallest absolute Gasteiger partial charge is 0.399 e. The van der Waals surface area contributed by atoms with Crippen molar-refractivity contribution in [3.63, 3.8) is 0 Å². The standard InChI is InChI=1S/C13H18BN3O2/c1-12(2)13(3,4)19-14(18-12)9-7-6-8-10-11(9)16-17(5)15-10/h6-8H,1-5H3. The monoisotopic (exact) mass is 259 g/mol. The van der Waals surface area contributed by atoms with Crippen molar-refractivity contribution in [1.82, 2.24) is 15.0 Å². The van der Waals surface area contributed by atoms with Gasteiger partial charge in [0.15, 0.2) is 0 Å². The molecule has 1 aliphatic rings. The van der Waals surface area contributed by atoms with Gasteiger partial charge in [0.25, 0.3) is 0 Å². The van der Waals surface area contributed by atoms with Crippen molar-refractivity contribution in [2.24, 2.45) is 7.05 Å². The minimum absolute atomic E-state index is 0.345. The van der Waals surface area contributed by atoms with Gasteiger partial charge in [0.2, 0.25) is 0 Å². The normalized spacial score (nSPS) is 21.2. The average Bonchev–Trinajstić information content (AvgIpc) is 2.75. The molecule has 0 amide bonds. The molecule has 0 radical (unpaired) electrons. The summed E-state index contributed by atoms with van der Waals surface area (Å²) in [4.78, 5) is 1.57. The van der Waals surface area contributed by atoms with E-state index in [-0.39, 0.29) is 11.2 Å². The molecule has 0 spiro atoms. The van der Waals surface area contributed by atoms with Crippen molar-refractivity contribution in [2.45, 2.75) is 38.9 Å². The Kier molecular flexibility index (Phi) is 2.53. The fourth-order valence-corrected chi connectivity index (χ4v) is 2.22. The Balaban J connectivity index is 2.07. The minimum atomic E-state index is -0.398. The zero-order chi connectivity index (χ0) is 13.8. The molecule has 0 saturated carbocycles. The molecule has 0 unspecified atom stereocenters. The van der Waals surface area contributed by atoms with E-state index < -0.39 is 7.12 Å². The van der Waals surface area contributed by atoms with Crippen LogP contribution in [0.15, 0.2) is 18.2 Å². The van der Waals surface area contributed by atoms with Gasteiger partial charge in [0.05, 0.1) is 11.2 Å². The van der Waals surface area contributed by atoms with Gasteiger partial charge in [-0.3, -0.25) is 0 Å². The van der Waals surface area contributed by atoms with Crippen molar-refractivity contribution in [3.05, 3.63) is 18.2 Å². The number of fused-ring (bicyclic) bond motifs is 1. The summed E-state index contributed by atoms with van der Waals surface area (Å²) in [6.45, 7) is 8.18. The van der Waals surface area contributed by atoms with E-state index in [1.54, 1.807) is 4.80 Å². The Hall–Kier alpha value is -1.40. The molecule has 1 aromatic heterocycles. The molecule has 1 saturated heterocycles. The van der Waals surface area contributed by atoms with Gasteiger partial charge < -0.3 is 9.31 Å². The molecule has 3 rings (SSSR count). The Bertz CT molecular complexity index is 620. The maximum atomic E-state index is 6.07. The predicted octanol–water partition coefficient (Wildman–Crippen LogP) is 1.27. The summed E-state index contributed by atoms with van der Waals surface area (Å²) in [7, 11) is 1.42. The zero-order valence-electron chi connectivity index (χ0n) is 12.0. The van der Waals surface area contributed by atoms with E-state index in [2.05, 4.69) is 10.2 Å². The van der Waals surface area contributed by atoms with E-state index in [0.717, 1.165) is 16.5 Å². The van der Waals surface area contributed by atoms with Crippen LogP contribution in [0.1, 0.15) is 27.7 Å². The average molecular weight is 259 g/mol. The summed E-state index contributed by atoms with van der Waals surface area (Å²) in [5.74, 6) is 0. The first-order valence-corrected chi connectivity index (χ1v) is 6.46. The summed E-state index contributed by atoms with van der Waals surface area (Å²) in [6, 6.07) is 5.88. The molecule has 2 heterocycles. The third kappa shape index (κ3) is 1.86. The number of aryl methyl sites for hydroxylation is 1. The van der Waals surface area contributed by atoms with E-state index in [0.29, 0.717) is 0 Å². The summed E-state index contributed by atoms with van der Waals surface area (Å²) >= 11 is 0. The predicted molar refractivity (Wildman–Crippen MR) is 74.2 cm³/mol. The lowest BCUT2D eigenvalue weighted by Crippen LogP contribution is -2.41. The van der Waals surface area contributed by atoms with Gasteiger partial charge in [0.1, 0.15) is 11.0 Å². The molecular formula is C13H18BN3O2. The van der Waals surface area contributed by atoms with Crippen molar-refractivity contribution >= 4 is 23.6 Å². The van der Waals surface area contributed by atoms with Crippen molar-refractivity contribution < 1.29 is 9.31 Å². The SMILES string of the molecule is Cn1nc2cccc(B3OC(C)(C)C(C)(C)O3)c2n1. The van der Waals surface area contributed by atoms with Crippen LogP contribution in [-0.2, 0) is 16.4 Å². The van der Waals surface area contributed by atoms with E-state index in [9.17, 15) is 0 Å². The van der Waals surface area contributed by atoms with E-state index >= 15 is 0 Å². The van der Waals surface area contributed by atoms with Crippen LogP contribution in [0, 0.1) is 0 Å². The Morgan fingerprint density at radius 2 is 1.68 bits per heavy atom. The van der Waals surface area contributed by atoms with Crippen LogP contribution in [0.25, 0.3) is 11.0 Å². The minimum Gasteiger partial charge on any atom is -0.399 e. The Labute approximate surface area is 113 Å². The number of hydrogen-bond acceptors (Lipinski definition) is 4. The highest BCUT2D eigenvalue weighted by Crippen LogP contribution is 2.36. The third-order valence-electron chi connectivity index (χ3n) is 4.05. The van der Waals surface area contributed by atoms with E-state index in [1.165, 1.54) is 0 Å². The van der Waals surface area contributed by atoms with Crippen LogP contribution in [0.3, 0.4) is 0 Å². The highest BCUT2D eigenvalue weighted by molar-refractivity contribution is 6.64. The molecule has 1 aliphatic heterocycles. The largest absolute Gasteiger partial charge is 0.497 e. The van der Waals surface area contributed by atoms with Crippen molar-refractivity contribution in [1.29, 1.82) is 0 Å². The number of hydrogen-bond donors (Lipinski definition) is 0. The molecule has 5 nitrogen and oxygen atoms in total. The number of benzene rings is 1. The van der Waals surface area contributed by atoms with Gasteiger partial charge in [0, 0.05) is 12.5 Å². The van der Waals surface area contributed by atoms with E-state index in [4.69, 9.17) is 9.31 Å². The molecular weight excluding hydrogens is 241 g/mol. The summed E-state index contributed by atoms with van der Waals surface area (Å²) < 4.78 is 12.1. The first-order valence-electron chi connectivity index (χ1n) is 6.46. The second-order valence-electron chi connectivity index (χ2n) is 5.99. The maximum absolute atomic E-state index is 6.07. The van der Waals surface area contributed by atoms with Gasteiger partial charge in [-0.25, -0.2) is 0 Å². The molecule has 0 aliphatic carbocycles. The van der Waals surface area contributed by atoms with Crippen LogP contribution >= 0.6 is 0 Å². The molecule has 0 N–H and O–H groups in total. The van der Waals surface area contributed by atoms with Crippen LogP contribution in [0.2, 0.25) is 0 Å². The zero-order valence-corrected chi connectivity index (χ0v) is 12.0. The van der Waals surface area contributed by atoms with Gasteiger partial charge in [-0.1, -0.05) is 12.1 Å². The molecule has 19 heavy (non-hydrogen) atoms. The molecule has 2 aromatic rings. The first-order chi connectivity index (χ1) is 8.80. The number of nitrogens with zero attached hydrogens (tertiary/aromatic N) is 3. The molecule has 0 bridgehead atoms. The third-order valence-corrected chi connectivity index (χ3v) is 4.05.